The molecule has 0 heterocycles. The molecular formula is C20H24N2O2. The molecule has 0 unspecified atom stereocenters. The van der Waals surface area contributed by atoms with Crippen molar-refractivity contribution in [2.24, 2.45) is 5.73 Å². The summed E-state index contributed by atoms with van der Waals surface area (Å²) in [5.41, 5.74) is 11.3. The molecule has 4 nitrogen and oxygen atoms in total. The lowest BCUT2D eigenvalue weighted by atomic mass is 10.00. The Kier molecular flexibility index (Phi) is 5.39. The van der Waals surface area contributed by atoms with Crippen LogP contribution in [0.4, 0.5) is 0 Å². The first-order chi connectivity index (χ1) is 11.3. The first-order valence-corrected chi connectivity index (χ1v) is 8.01. The molecule has 0 saturated heterocycles. The molecule has 3 N–H and O–H groups in total. The fraction of sp³-hybridized carbons (Fsp3) is 0.300. The van der Waals surface area contributed by atoms with E-state index in [2.05, 4.69) is 5.32 Å². The number of carbonyl (C=O) groups excluding carboxylic acids is 2. The Bertz CT molecular complexity index is 761. The first-order valence-electron chi connectivity index (χ1n) is 8.01. The highest BCUT2D eigenvalue weighted by atomic mass is 16.2. The number of nitrogens with two attached hydrogens (primary N) is 1. The highest BCUT2D eigenvalue weighted by Crippen LogP contribution is 2.13. The molecule has 0 aliphatic rings. The van der Waals surface area contributed by atoms with Crippen LogP contribution in [-0.2, 0) is 11.2 Å². The molecule has 24 heavy (non-hydrogen) atoms. The van der Waals surface area contributed by atoms with Crippen molar-refractivity contribution in [2.75, 3.05) is 0 Å². The molecule has 0 saturated carbocycles. The van der Waals surface area contributed by atoms with Crippen molar-refractivity contribution in [3.63, 3.8) is 0 Å². The second kappa shape index (κ2) is 7.30. The van der Waals surface area contributed by atoms with Gasteiger partial charge in [-0.05, 0) is 56.5 Å². The second-order valence-electron chi connectivity index (χ2n) is 6.43. The third-order valence-electron chi connectivity index (χ3n) is 4.14. The maximum atomic E-state index is 12.5. The molecule has 2 amide bonds. The van der Waals surface area contributed by atoms with Crippen molar-refractivity contribution in [3.8, 4) is 0 Å². The number of rotatable bonds is 5. The topological polar surface area (TPSA) is 72.2 Å². The van der Waals surface area contributed by atoms with Gasteiger partial charge in [-0.3, -0.25) is 9.59 Å². The lowest BCUT2D eigenvalue weighted by Gasteiger charge is -2.17. The summed E-state index contributed by atoms with van der Waals surface area (Å²) < 4.78 is 0. The van der Waals surface area contributed by atoms with Gasteiger partial charge in [0.15, 0.2) is 0 Å². The number of nitrogens with one attached hydrogen (secondary N) is 1. The molecule has 126 valence electrons. The van der Waals surface area contributed by atoms with Crippen LogP contribution in [0.25, 0.3) is 0 Å². The maximum absolute atomic E-state index is 12.5. The lowest BCUT2D eigenvalue weighted by Crippen LogP contribution is -2.45. The summed E-state index contributed by atoms with van der Waals surface area (Å²) in [6, 6.07) is 10.9. The molecule has 0 aliphatic carbocycles. The van der Waals surface area contributed by atoms with Crippen molar-refractivity contribution >= 4 is 11.8 Å². The van der Waals surface area contributed by atoms with Crippen LogP contribution in [-0.4, -0.2) is 17.9 Å². The Morgan fingerprint density at radius 1 is 0.958 bits per heavy atom. The van der Waals surface area contributed by atoms with Gasteiger partial charge in [0, 0.05) is 12.0 Å². The van der Waals surface area contributed by atoms with E-state index < -0.39 is 11.9 Å². The minimum atomic E-state index is -0.736. The van der Waals surface area contributed by atoms with Crippen molar-refractivity contribution in [2.45, 2.75) is 40.2 Å². The van der Waals surface area contributed by atoms with E-state index in [0.29, 0.717) is 12.0 Å². The zero-order chi connectivity index (χ0) is 17.9. The highest BCUT2D eigenvalue weighted by Gasteiger charge is 2.20. The molecule has 4 heteroatoms. The van der Waals surface area contributed by atoms with Crippen LogP contribution in [0.1, 0.15) is 38.2 Å². The van der Waals surface area contributed by atoms with Gasteiger partial charge in [0.25, 0.3) is 5.91 Å². The van der Waals surface area contributed by atoms with Gasteiger partial charge in [0.1, 0.15) is 6.04 Å². The summed E-state index contributed by atoms with van der Waals surface area (Å²) in [6.45, 7) is 7.92. The standard InChI is InChI=1S/C20H24N2O2/c1-12-7-13(2)9-17(8-12)20(24)22-18(19(21)23)11-16-6-5-14(3)15(4)10-16/h5-10,18H,11H2,1-4H3,(H2,21,23)(H,22,24)/t18-/m0/s1. The van der Waals surface area contributed by atoms with E-state index >= 15 is 0 Å². The third-order valence-corrected chi connectivity index (χ3v) is 4.14. The van der Waals surface area contributed by atoms with Crippen LogP contribution >= 0.6 is 0 Å². The minimum absolute atomic E-state index is 0.283. The van der Waals surface area contributed by atoms with Crippen LogP contribution in [0.3, 0.4) is 0 Å². The Morgan fingerprint density at radius 2 is 1.58 bits per heavy atom. The third kappa shape index (κ3) is 4.44. The Morgan fingerprint density at radius 3 is 2.12 bits per heavy atom. The van der Waals surface area contributed by atoms with Gasteiger partial charge in [-0.2, -0.15) is 0 Å². The summed E-state index contributed by atoms with van der Waals surface area (Å²) in [6.07, 6.45) is 0.382. The fourth-order valence-electron chi connectivity index (χ4n) is 2.74. The number of primary amides is 1. The SMILES string of the molecule is Cc1cc(C)cc(C(=O)N[C@@H](Cc2ccc(C)c(C)c2)C(N)=O)c1. The molecule has 2 aromatic rings. The summed E-state index contributed by atoms with van der Waals surface area (Å²) in [7, 11) is 0. The van der Waals surface area contributed by atoms with E-state index in [1.807, 2.05) is 52.0 Å². The van der Waals surface area contributed by atoms with Gasteiger partial charge >= 0.3 is 0 Å². The van der Waals surface area contributed by atoms with Crippen molar-refractivity contribution in [1.82, 2.24) is 5.32 Å². The number of carbonyl (C=O) groups is 2. The van der Waals surface area contributed by atoms with Crippen molar-refractivity contribution in [1.29, 1.82) is 0 Å². The van der Waals surface area contributed by atoms with Crippen molar-refractivity contribution < 1.29 is 9.59 Å². The van der Waals surface area contributed by atoms with Crippen LogP contribution in [0.5, 0.6) is 0 Å². The quantitative estimate of drug-likeness (QED) is 0.887. The number of hydrogen-bond donors (Lipinski definition) is 2. The van der Waals surface area contributed by atoms with Gasteiger partial charge < -0.3 is 11.1 Å². The smallest absolute Gasteiger partial charge is 0.251 e. The summed E-state index contributed by atoms with van der Waals surface area (Å²) in [5, 5.41) is 2.76. The maximum Gasteiger partial charge on any atom is 0.251 e. The van der Waals surface area contributed by atoms with Gasteiger partial charge in [-0.25, -0.2) is 0 Å². The van der Waals surface area contributed by atoms with E-state index in [-0.39, 0.29) is 5.91 Å². The van der Waals surface area contributed by atoms with E-state index in [4.69, 9.17) is 5.73 Å². The average Bonchev–Trinajstić information content (AvgIpc) is 2.49. The van der Waals surface area contributed by atoms with E-state index in [0.717, 1.165) is 22.3 Å². The molecule has 0 spiro atoms. The number of aryl methyl sites for hydroxylation is 4. The fourth-order valence-corrected chi connectivity index (χ4v) is 2.74. The summed E-state index contributed by atoms with van der Waals surface area (Å²) in [4.78, 5) is 24.2. The molecular weight excluding hydrogens is 300 g/mol. The Hall–Kier alpha value is -2.62. The Labute approximate surface area is 143 Å². The summed E-state index contributed by atoms with van der Waals surface area (Å²) in [5.74, 6) is -0.819. The monoisotopic (exact) mass is 324 g/mol. The molecule has 0 aliphatic heterocycles. The highest BCUT2D eigenvalue weighted by molar-refractivity contribution is 5.97. The zero-order valence-electron chi connectivity index (χ0n) is 14.6. The molecule has 0 fully saturated rings. The molecule has 2 rings (SSSR count). The predicted molar refractivity (Wildman–Crippen MR) is 96.0 cm³/mol. The number of amides is 2. The average molecular weight is 324 g/mol. The minimum Gasteiger partial charge on any atom is -0.368 e. The molecule has 1 atom stereocenters. The Balaban J connectivity index is 2.17. The van der Waals surface area contributed by atoms with Gasteiger partial charge in [-0.1, -0.05) is 35.4 Å². The zero-order valence-corrected chi connectivity index (χ0v) is 14.6. The molecule has 0 aromatic heterocycles. The number of benzene rings is 2. The number of hydrogen-bond acceptors (Lipinski definition) is 2. The van der Waals surface area contributed by atoms with Crippen LogP contribution in [0.2, 0.25) is 0 Å². The second-order valence-corrected chi connectivity index (χ2v) is 6.43. The normalized spacial score (nSPS) is 11.8. The predicted octanol–water partition coefficient (Wildman–Crippen LogP) is 2.75. The van der Waals surface area contributed by atoms with E-state index in [1.54, 1.807) is 12.1 Å². The molecule has 0 bridgehead atoms. The lowest BCUT2D eigenvalue weighted by molar-refractivity contribution is -0.119. The summed E-state index contributed by atoms with van der Waals surface area (Å²) >= 11 is 0. The van der Waals surface area contributed by atoms with Gasteiger partial charge in [0.2, 0.25) is 5.91 Å². The van der Waals surface area contributed by atoms with Gasteiger partial charge in [0.05, 0.1) is 0 Å². The van der Waals surface area contributed by atoms with Crippen molar-refractivity contribution in [3.05, 3.63) is 69.8 Å². The van der Waals surface area contributed by atoms with Crippen LogP contribution < -0.4 is 11.1 Å². The largest absolute Gasteiger partial charge is 0.368 e. The van der Waals surface area contributed by atoms with E-state index in [9.17, 15) is 9.59 Å². The molecule has 0 radical (unpaired) electrons. The van der Waals surface area contributed by atoms with Crippen LogP contribution in [0, 0.1) is 27.7 Å². The first kappa shape index (κ1) is 17.7. The van der Waals surface area contributed by atoms with E-state index in [1.165, 1.54) is 5.56 Å². The van der Waals surface area contributed by atoms with Gasteiger partial charge in [-0.15, -0.1) is 0 Å². The molecule has 2 aromatic carbocycles. The van der Waals surface area contributed by atoms with Crippen LogP contribution in [0.15, 0.2) is 36.4 Å².